The van der Waals surface area contributed by atoms with Crippen molar-refractivity contribution in [3.63, 3.8) is 0 Å². The van der Waals surface area contributed by atoms with Crippen LogP contribution in [0.1, 0.15) is 11.6 Å². The van der Waals surface area contributed by atoms with Gasteiger partial charge in [-0.15, -0.1) is 0 Å². The van der Waals surface area contributed by atoms with E-state index in [1.807, 2.05) is 0 Å². The predicted molar refractivity (Wildman–Crippen MR) is 65.9 cm³/mol. The number of fused-ring (bicyclic) bond motifs is 1. The number of ether oxygens (including phenoxy) is 1. The molecule has 0 bridgehead atoms. The molecule has 1 N–H and O–H groups in total. The van der Waals surface area contributed by atoms with Crippen molar-refractivity contribution in [2.24, 2.45) is 0 Å². The third-order valence-corrected chi connectivity index (χ3v) is 3.48. The maximum atomic E-state index is 13.9. The highest BCUT2D eigenvalue weighted by Gasteiger charge is 2.24. The normalized spacial score (nSPS) is 15.9. The minimum absolute atomic E-state index is 0.0163. The molecule has 7 heteroatoms. The summed E-state index contributed by atoms with van der Waals surface area (Å²) in [5.41, 5.74) is 0.151. The number of nitrogens with one attached hydrogen (secondary N) is 1. The molecule has 0 saturated carbocycles. The summed E-state index contributed by atoms with van der Waals surface area (Å²) in [7, 11) is 0. The molecule has 1 saturated heterocycles. The molecular formula is C11H7Cl2FN2O2. The smallest absolute Gasteiger partial charge is 0.259 e. The van der Waals surface area contributed by atoms with Gasteiger partial charge in [-0.05, 0) is 6.07 Å². The van der Waals surface area contributed by atoms with Crippen molar-refractivity contribution in [2.75, 3.05) is 13.2 Å². The van der Waals surface area contributed by atoms with Crippen molar-refractivity contribution in [1.82, 2.24) is 9.97 Å². The van der Waals surface area contributed by atoms with Gasteiger partial charge in [-0.1, -0.05) is 23.2 Å². The first-order valence-corrected chi connectivity index (χ1v) is 5.98. The summed E-state index contributed by atoms with van der Waals surface area (Å²) in [5.74, 6) is -0.657. The van der Waals surface area contributed by atoms with E-state index in [9.17, 15) is 9.18 Å². The third-order valence-electron chi connectivity index (χ3n) is 2.95. The van der Waals surface area contributed by atoms with E-state index >= 15 is 0 Å². The Labute approximate surface area is 111 Å². The van der Waals surface area contributed by atoms with Gasteiger partial charge in [0.2, 0.25) is 0 Å². The molecule has 4 nitrogen and oxygen atoms in total. The maximum Gasteiger partial charge on any atom is 0.259 e. The Balaban J connectivity index is 2.34. The lowest BCUT2D eigenvalue weighted by Gasteiger charge is -2.26. The zero-order chi connectivity index (χ0) is 12.9. The molecule has 2 aromatic rings. The zero-order valence-electron chi connectivity index (χ0n) is 8.97. The summed E-state index contributed by atoms with van der Waals surface area (Å²) in [6.07, 6.45) is 0. The van der Waals surface area contributed by atoms with E-state index in [1.165, 1.54) is 0 Å². The molecule has 1 aliphatic heterocycles. The van der Waals surface area contributed by atoms with Crippen molar-refractivity contribution >= 4 is 34.0 Å². The molecule has 0 aliphatic carbocycles. The maximum absolute atomic E-state index is 13.9. The average Bonchev–Trinajstić information content (AvgIpc) is 2.22. The first-order chi connectivity index (χ1) is 8.58. The standard InChI is InChI=1S/C11H7Cl2FN2O2/c12-9-7-5(8(14)10(13)16-9)1-6(15-11(7)17)4-2-18-3-4/h1,4H,2-3H2,(H,15,17). The molecule has 0 amide bonds. The lowest BCUT2D eigenvalue weighted by molar-refractivity contribution is 0.00670. The van der Waals surface area contributed by atoms with Crippen LogP contribution in [0.25, 0.3) is 10.8 Å². The van der Waals surface area contributed by atoms with Gasteiger partial charge >= 0.3 is 0 Å². The molecule has 2 aromatic heterocycles. The number of hydrogen-bond acceptors (Lipinski definition) is 3. The summed E-state index contributed by atoms with van der Waals surface area (Å²) in [4.78, 5) is 18.1. The molecule has 0 atom stereocenters. The van der Waals surface area contributed by atoms with E-state index in [2.05, 4.69) is 9.97 Å². The average molecular weight is 289 g/mol. The van der Waals surface area contributed by atoms with Gasteiger partial charge in [-0.25, -0.2) is 9.37 Å². The number of pyridine rings is 2. The van der Waals surface area contributed by atoms with Crippen LogP contribution in [0.4, 0.5) is 4.39 Å². The van der Waals surface area contributed by atoms with Crippen LogP contribution in [0.5, 0.6) is 0 Å². The molecule has 94 valence electrons. The van der Waals surface area contributed by atoms with Gasteiger partial charge in [0.15, 0.2) is 11.0 Å². The molecule has 0 spiro atoms. The Morgan fingerprint density at radius 3 is 2.72 bits per heavy atom. The minimum Gasteiger partial charge on any atom is -0.380 e. The van der Waals surface area contributed by atoms with Crippen molar-refractivity contribution in [2.45, 2.75) is 5.92 Å². The fraction of sp³-hybridized carbons (Fsp3) is 0.273. The number of aromatic amines is 1. The quantitative estimate of drug-likeness (QED) is 0.820. The number of rotatable bonds is 1. The van der Waals surface area contributed by atoms with Gasteiger partial charge in [0.1, 0.15) is 5.15 Å². The lowest BCUT2D eigenvalue weighted by atomic mass is 10.0. The number of halogens is 3. The molecule has 1 fully saturated rings. The van der Waals surface area contributed by atoms with Crippen LogP contribution in [-0.4, -0.2) is 23.2 Å². The Bertz CT molecular complexity index is 697. The van der Waals surface area contributed by atoms with Gasteiger partial charge in [0.25, 0.3) is 5.56 Å². The number of nitrogens with zero attached hydrogens (tertiary/aromatic N) is 1. The Kier molecular flexibility index (Phi) is 2.77. The lowest BCUT2D eigenvalue weighted by Crippen LogP contribution is -2.28. The zero-order valence-corrected chi connectivity index (χ0v) is 10.5. The van der Waals surface area contributed by atoms with Crippen molar-refractivity contribution < 1.29 is 9.13 Å². The van der Waals surface area contributed by atoms with Crippen LogP contribution < -0.4 is 5.56 Å². The molecule has 1 aliphatic rings. The van der Waals surface area contributed by atoms with Crippen LogP contribution in [0.3, 0.4) is 0 Å². The van der Waals surface area contributed by atoms with E-state index in [4.69, 9.17) is 27.9 Å². The Morgan fingerprint density at radius 2 is 2.11 bits per heavy atom. The second-order valence-corrected chi connectivity index (χ2v) is 4.80. The SMILES string of the molecule is O=c1[nH]c(C2COC2)cc2c(F)c(Cl)nc(Cl)c12. The molecule has 0 unspecified atom stereocenters. The monoisotopic (exact) mass is 288 g/mol. The van der Waals surface area contributed by atoms with E-state index < -0.39 is 11.4 Å². The highest BCUT2D eigenvalue weighted by molar-refractivity contribution is 6.36. The molecule has 3 heterocycles. The largest absolute Gasteiger partial charge is 0.380 e. The molecule has 0 aromatic carbocycles. The summed E-state index contributed by atoms with van der Waals surface area (Å²) < 4.78 is 18.9. The van der Waals surface area contributed by atoms with Crippen LogP contribution in [-0.2, 0) is 4.74 Å². The van der Waals surface area contributed by atoms with E-state index in [0.29, 0.717) is 18.9 Å². The van der Waals surface area contributed by atoms with Gasteiger partial charge in [0, 0.05) is 17.0 Å². The Hall–Kier alpha value is -1.17. The van der Waals surface area contributed by atoms with E-state index in [1.54, 1.807) is 6.07 Å². The molecule has 3 rings (SSSR count). The second kappa shape index (κ2) is 4.19. The van der Waals surface area contributed by atoms with Crippen LogP contribution in [0, 0.1) is 5.82 Å². The highest BCUT2D eigenvalue weighted by Crippen LogP contribution is 2.29. The number of hydrogen-bond donors (Lipinski definition) is 1. The third kappa shape index (κ3) is 1.70. The summed E-state index contributed by atoms with van der Waals surface area (Å²) in [6.45, 7) is 1.02. The van der Waals surface area contributed by atoms with E-state index in [0.717, 1.165) is 0 Å². The van der Waals surface area contributed by atoms with Crippen LogP contribution in [0.15, 0.2) is 10.9 Å². The van der Waals surface area contributed by atoms with Crippen molar-refractivity contribution in [1.29, 1.82) is 0 Å². The van der Waals surface area contributed by atoms with Crippen LogP contribution in [0.2, 0.25) is 10.3 Å². The van der Waals surface area contributed by atoms with Gasteiger partial charge in [-0.2, -0.15) is 0 Å². The fourth-order valence-corrected chi connectivity index (χ4v) is 2.40. The van der Waals surface area contributed by atoms with E-state index in [-0.39, 0.29) is 27.0 Å². The van der Waals surface area contributed by atoms with Crippen LogP contribution >= 0.6 is 23.2 Å². The predicted octanol–water partition coefficient (Wildman–Crippen LogP) is 2.48. The highest BCUT2D eigenvalue weighted by atomic mass is 35.5. The molecule has 0 radical (unpaired) electrons. The molecular weight excluding hydrogens is 282 g/mol. The van der Waals surface area contributed by atoms with Gasteiger partial charge in [0.05, 0.1) is 18.6 Å². The van der Waals surface area contributed by atoms with Gasteiger partial charge < -0.3 is 9.72 Å². The fourth-order valence-electron chi connectivity index (χ4n) is 1.90. The number of aromatic nitrogens is 2. The Morgan fingerprint density at radius 1 is 1.39 bits per heavy atom. The summed E-state index contributed by atoms with van der Waals surface area (Å²) >= 11 is 11.4. The minimum atomic E-state index is -0.733. The summed E-state index contributed by atoms with van der Waals surface area (Å²) in [6, 6.07) is 1.54. The van der Waals surface area contributed by atoms with Gasteiger partial charge in [-0.3, -0.25) is 4.79 Å². The molecule has 18 heavy (non-hydrogen) atoms. The second-order valence-electron chi connectivity index (χ2n) is 4.08. The van der Waals surface area contributed by atoms with Crippen molar-refractivity contribution in [3.8, 4) is 0 Å². The first kappa shape index (κ1) is 11.9. The number of H-pyrrole nitrogens is 1. The topological polar surface area (TPSA) is 55.0 Å². The first-order valence-electron chi connectivity index (χ1n) is 5.23. The van der Waals surface area contributed by atoms with Crippen molar-refractivity contribution in [3.05, 3.63) is 38.2 Å². The summed E-state index contributed by atoms with van der Waals surface area (Å²) in [5, 5.41) is -0.337.